The van der Waals surface area contributed by atoms with E-state index in [4.69, 9.17) is 0 Å². The fourth-order valence-corrected chi connectivity index (χ4v) is 4.42. The minimum atomic E-state index is -0.863. The molecule has 1 aliphatic carbocycles. The van der Waals surface area contributed by atoms with Crippen LogP contribution in [-0.4, -0.2) is 38.7 Å². The average molecular weight is 518 g/mol. The molecule has 0 atom stereocenters. The average Bonchev–Trinajstić information content (AvgIpc) is 3.22. The van der Waals surface area contributed by atoms with E-state index < -0.39 is 43.3 Å². The first kappa shape index (κ1) is 27.4. The number of rotatable bonds is 10. The third kappa shape index (κ3) is 4.90. The number of allylic oxidation sites excluding steroid dienone is 1. The van der Waals surface area contributed by atoms with E-state index in [-0.39, 0.29) is 33.4 Å². The molecule has 0 heterocycles. The summed E-state index contributed by atoms with van der Waals surface area (Å²) in [5.74, 6) is -0.609. The second kappa shape index (κ2) is 11.3. The molecule has 0 fully saturated rings. The van der Waals surface area contributed by atoms with Gasteiger partial charge >= 0.3 is 0 Å². The number of amides is 1. The standard InChI is InChI=1S/C25H22N6O7/c1-3-5-7-28(8-6-4-2)25(32)20-11-16(29(33)34)9-18-22(15(13-26)14-27)19-10-17(30(35)36)12-21(31(37)38)24(19)23(18)20/h9-12H,3-8H2,1-2H3. The number of benzene rings is 2. The number of nitro groups is 3. The Kier molecular flexibility index (Phi) is 8.13. The zero-order chi connectivity index (χ0) is 28.1. The molecule has 1 amide bonds. The fourth-order valence-electron chi connectivity index (χ4n) is 4.42. The van der Waals surface area contributed by atoms with Gasteiger partial charge in [0.05, 0.1) is 32.0 Å². The Balaban J connectivity index is 2.52. The van der Waals surface area contributed by atoms with Crippen molar-refractivity contribution in [2.24, 2.45) is 0 Å². The Labute approximate surface area is 216 Å². The third-order valence-electron chi connectivity index (χ3n) is 6.19. The summed E-state index contributed by atoms with van der Waals surface area (Å²) in [4.78, 5) is 48.3. The molecular formula is C25H22N6O7. The number of fused-ring (bicyclic) bond motifs is 3. The van der Waals surface area contributed by atoms with Crippen molar-refractivity contribution in [2.45, 2.75) is 39.5 Å². The highest BCUT2D eigenvalue weighted by atomic mass is 16.6. The van der Waals surface area contributed by atoms with Crippen molar-refractivity contribution in [2.75, 3.05) is 13.1 Å². The largest absolute Gasteiger partial charge is 0.339 e. The van der Waals surface area contributed by atoms with E-state index in [0.717, 1.165) is 37.1 Å². The smallest absolute Gasteiger partial charge is 0.284 e. The van der Waals surface area contributed by atoms with Crippen molar-refractivity contribution in [3.8, 4) is 23.3 Å². The van der Waals surface area contributed by atoms with Crippen molar-refractivity contribution < 1.29 is 19.6 Å². The molecule has 0 aliphatic heterocycles. The van der Waals surface area contributed by atoms with Crippen LogP contribution in [0.3, 0.4) is 0 Å². The number of nitriles is 2. The zero-order valence-electron chi connectivity index (χ0n) is 20.6. The molecule has 0 N–H and O–H groups in total. The lowest BCUT2D eigenvalue weighted by molar-refractivity contribution is -0.393. The Hall–Kier alpha value is -5.17. The van der Waals surface area contributed by atoms with Gasteiger partial charge in [-0.2, -0.15) is 10.5 Å². The molecule has 1 aliphatic rings. The maximum absolute atomic E-state index is 13.9. The summed E-state index contributed by atoms with van der Waals surface area (Å²) >= 11 is 0. The topological polar surface area (TPSA) is 197 Å². The van der Waals surface area contributed by atoms with Crippen LogP contribution in [0.25, 0.3) is 16.7 Å². The highest BCUT2D eigenvalue weighted by molar-refractivity contribution is 6.14. The van der Waals surface area contributed by atoms with Crippen molar-refractivity contribution in [1.29, 1.82) is 10.5 Å². The van der Waals surface area contributed by atoms with Crippen molar-refractivity contribution in [3.63, 3.8) is 0 Å². The van der Waals surface area contributed by atoms with Crippen LogP contribution in [0.5, 0.6) is 0 Å². The lowest BCUT2D eigenvalue weighted by Gasteiger charge is -2.24. The molecule has 0 radical (unpaired) electrons. The molecule has 0 aromatic heterocycles. The maximum Gasteiger partial charge on any atom is 0.284 e. The molecule has 2 aromatic carbocycles. The van der Waals surface area contributed by atoms with Gasteiger partial charge in [0.25, 0.3) is 23.0 Å². The predicted octanol–water partition coefficient (Wildman–Crippen LogP) is 5.28. The molecule has 0 spiro atoms. The fraction of sp³-hybridized carbons (Fsp3) is 0.320. The van der Waals surface area contributed by atoms with E-state index in [2.05, 4.69) is 0 Å². The maximum atomic E-state index is 13.9. The number of carbonyl (C=O) groups excluding carboxylic acids is 1. The van der Waals surface area contributed by atoms with Crippen LogP contribution in [0.1, 0.15) is 61.0 Å². The first-order valence-corrected chi connectivity index (χ1v) is 11.7. The molecule has 38 heavy (non-hydrogen) atoms. The number of nitro benzene ring substituents is 3. The molecule has 3 rings (SSSR count). The Morgan fingerprint density at radius 1 is 0.816 bits per heavy atom. The van der Waals surface area contributed by atoms with Gasteiger partial charge in [-0.15, -0.1) is 0 Å². The van der Waals surface area contributed by atoms with E-state index >= 15 is 0 Å². The molecule has 0 bridgehead atoms. The van der Waals surface area contributed by atoms with Crippen LogP contribution < -0.4 is 0 Å². The number of unbranched alkanes of at least 4 members (excludes halogenated alkanes) is 2. The summed E-state index contributed by atoms with van der Waals surface area (Å²) in [5, 5.41) is 54.7. The summed E-state index contributed by atoms with van der Waals surface area (Å²) < 4.78 is 0. The van der Waals surface area contributed by atoms with Gasteiger partial charge in [0, 0.05) is 53.6 Å². The quantitative estimate of drug-likeness (QED) is 0.194. The number of hydrogen-bond donors (Lipinski definition) is 0. The molecule has 13 heteroatoms. The van der Waals surface area contributed by atoms with E-state index in [1.54, 1.807) is 12.1 Å². The third-order valence-corrected chi connectivity index (χ3v) is 6.19. The number of carbonyl (C=O) groups is 1. The summed E-state index contributed by atoms with van der Waals surface area (Å²) in [6.07, 6.45) is 2.82. The van der Waals surface area contributed by atoms with Gasteiger partial charge in [-0.1, -0.05) is 26.7 Å². The van der Waals surface area contributed by atoms with E-state index in [0.29, 0.717) is 25.9 Å². The van der Waals surface area contributed by atoms with Crippen LogP contribution in [0.4, 0.5) is 17.1 Å². The van der Waals surface area contributed by atoms with Gasteiger partial charge in [-0.05, 0) is 12.8 Å². The van der Waals surface area contributed by atoms with E-state index in [1.807, 2.05) is 13.8 Å². The summed E-state index contributed by atoms with van der Waals surface area (Å²) in [6.45, 7) is 4.55. The minimum Gasteiger partial charge on any atom is -0.339 e. The molecular weight excluding hydrogens is 496 g/mol. The van der Waals surface area contributed by atoms with Crippen LogP contribution in [0, 0.1) is 53.0 Å². The monoisotopic (exact) mass is 518 g/mol. The highest BCUT2D eigenvalue weighted by Crippen LogP contribution is 2.53. The molecule has 0 saturated carbocycles. The van der Waals surface area contributed by atoms with Crippen molar-refractivity contribution in [3.05, 3.63) is 76.9 Å². The number of non-ortho nitro benzene ring substituents is 2. The van der Waals surface area contributed by atoms with E-state index in [9.17, 15) is 45.7 Å². The SMILES string of the molecule is CCCCN(CCCC)C(=O)c1cc([N+](=O)[O-])cc2c1-c1c(cc([N+](=O)[O-])cc1[N+](=O)[O-])C2=C(C#N)C#N. The van der Waals surface area contributed by atoms with Gasteiger partial charge < -0.3 is 4.90 Å². The van der Waals surface area contributed by atoms with Gasteiger partial charge in [-0.25, -0.2) is 0 Å². The number of nitrogens with zero attached hydrogens (tertiary/aromatic N) is 6. The Bertz CT molecular complexity index is 1460. The van der Waals surface area contributed by atoms with Gasteiger partial charge in [0.2, 0.25) is 0 Å². The molecule has 2 aromatic rings. The Morgan fingerprint density at radius 2 is 1.32 bits per heavy atom. The van der Waals surface area contributed by atoms with Gasteiger partial charge in [0.1, 0.15) is 17.7 Å². The molecule has 194 valence electrons. The van der Waals surface area contributed by atoms with Crippen LogP contribution in [0.2, 0.25) is 0 Å². The highest BCUT2D eigenvalue weighted by Gasteiger charge is 2.40. The summed E-state index contributed by atoms with van der Waals surface area (Å²) in [7, 11) is 0. The molecule has 13 nitrogen and oxygen atoms in total. The second-order valence-corrected chi connectivity index (χ2v) is 8.55. The van der Waals surface area contributed by atoms with Crippen LogP contribution in [-0.2, 0) is 0 Å². The molecule has 0 unspecified atom stereocenters. The predicted molar refractivity (Wildman–Crippen MR) is 135 cm³/mol. The minimum absolute atomic E-state index is 0.0757. The summed E-state index contributed by atoms with van der Waals surface area (Å²) in [5.41, 5.74) is -3.55. The van der Waals surface area contributed by atoms with E-state index in [1.165, 1.54) is 4.90 Å². The van der Waals surface area contributed by atoms with Gasteiger partial charge in [0.15, 0.2) is 0 Å². The van der Waals surface area contributed by atoms with Gasteiger partial charge in [-0.3, -0.25) is 35.1 Å². The van der Waals surface area contributed by atoms with Crippen LogP contribution in [0.15, 0.2) is 29.8 Å². The number of hydrogen-bond acceptors (Lipinski definition) is 9. The van der Waals surface area contributed by atoms with Crippen LogP contribution >= 0.6 is 0 Å². The lowest BCUT2D eigenvalue weighted by atomic mass is 9.95. The lowest BCUT2D eigenvalue weighted by Crippen LogP contribution is -2.33. The second-order valence-electron chi connectivity index (χ2n) is 8.55. The van der Waals surface area contributed by atoms with Crippen molar-refractivity contribution >= 4 is 28.5 Å². The summed E-state index contributed by atoms with van der Waals surface area (Å²) in [6, 6.07) is 7.06. The van der Waals surface area contributed by atoms with Crippen molar-refractivity contribution in [1.82, 2.24) is 4.90 Å². The Morgan fingerprint density at radius 3 is 1.76 bits per heavy atom. The first-order valence-electron chi connectivity index (χ1n) is 11.7. The zero-order valence-corrected chi connectivity index (χ0v) is 20.6. The first-order chi connectivity index (χ1) is 18.1. The normalized spacial score (nSPS) is 11.1. The molecule has 0 saturated heterocycles.